The van der Waals surface area contributed by atoms with Gasteiger partial charge in [0.25, 0.3) is 0 Å². The second-order valence-corrected chi connectivity index (χ2v) is 9.77. The minimum atomic E-state index is 0.130. The van der Waals surface area contributed by atoms with Crippen LogP contribution in [0.2, 0.25) is 0 Å². The number of Topliss-reactive ketones (excluding diaryl/α,β-unsaturated/α-hetero) is 1. The largest absolute Gasteiger partial charge is 0.353 e. The second-order valence-electron chi connectivity index (χ2n) is 9.77. The Morgan fingerprint density at radius 2 is 1.75 bits per heavy atom. The van der Waals surface area contributed by atoms with Gasteiger partial charge in [0.2, 0.25) is 5.91 Å². The van der Waals surface area contributed by atoms with Crippen molar-refractivity contribution in [2.24, 2.45) is 34.5 Å². The highest BCUT2D eigenvalue weighted by Crippen LogP contribution is 2.65. The van der Waals surface area contributed by atoms with Crippen LogP contribution in [0.15, 0.2) is 0 Å². The van der Waals surface area contributed by atoms with E-state index in [0.717, 1.165) is 43.4 Å². The van der Waals surface area contributed by atoms with E-state index in [1.165, 1.54) is 32.1 Å². The van der Waals surface area contributed by atoms with Crippen LogP contribution in [0.5, 0.6) is 0 Å². The fourth-order valence-electron chi connectivity index (χ4n) is 7.53. The van der Waals surface area contributed by atoms with Crippen LogP contribution in [-0.4, -0.2) is 17.7 Å². The number of amides is 1. The molecule has 24 heavy (non-hydrogen) atoms. The molecule has 4 unspecified atom stereocenters. The van der Waals surface area contributed by atoms with Gasteiger partial charge in [-0.25, -0.2) is 0 Å². The molecule has 0 aliphatic heterocycles. The summed E-state index contributed by atoms with van der Waals surface area (Å²) in [5, 5.41) is 3.26. The topological polar surface area (TPSA) is 46.2 Å². The summed E-state index contributed by atoms with van der Waals surface area (Å²) in [6, 6.07) is 0.374. The van der Waals surface area contributed by atoms with Crippen LogP contribution in [0.4, 0.5) is 0 Å². The number of ketones is 1. The lowest BCUT2D eigenvalue weighted by Crippen LogP contribution is -2.55. The average molecular weight is 332 g/mol. The molecule has 3 nitrogen and oxygen atoms in total. The number of nitrogens with one attached hydrogen (secondary N) is 1. The molecule has 4 rings (SSSR count). The first-order valence-electron chi connectivity index (χ1n) is 10.1. The Morgan fingerprint density at radius 3 is 2.50 bits per heavy atom. The van der Waals surface area contributed by atoms with Gasteiger partial charge < -0.3 is 5.32 Å². The van der Waals surface area contributed by atoms with Gasteiger partial charge in [-0.15, -0.1) is 0 Å². The molecule has 0 heterocycles. The lowest BCUT2D eigenvalue weighted by Gasteiger charge is -2.60. The fraction of sp³-hybridized carbons (Fsp3) is 0.905. The van der Waals surface area contributed by atoms with Crippen molar-refractivity contribution < 1.29 is 9.59 Å². The van der Waals surface area contributed by atoms with E-state index in [2.05, 4.69) is 19.2 Å². The Morgan fingerprint density at radius 1 is 1.00 bits per heavy atom. The number of carbonyl (C=O) groups excluding carboxylic acids is 2. The summed E-state index contributed by atoms with van der Waals surface area (Å²) >= 11 is 0. The maximum atomic E-state index is 12.0. The van der Waals surface area contributed by atoms with E-state index < -0.39 is 0 Å². The van der Waals surface area contributed by atoms with Crippen LogP contribution in [0, 0.1) is 34.5 Å². The van der Waals surface area contributed by atoms with E-state index in [9.17, 15) is 9.59 Å². The van der Waals surface area contributed by atoms with Crippen molar-refractivity contribution in [2.75, 3.05) is 0 Å². The minimum absolute atomic E-state index is 0.130. The third-order valence-corrected chi connectivity index (χ3v) is 8.86. The predicted molar refractivity (Wildman–Crippen MR) is 94.3 cm³/mol. The Balaban J connectivity index is 1.58. The number of fused-ring (bicyclic) bond motifs is 5. The van der Waals surface area contributed by atoms with E-state index in [0.29, 0.717) is 28.6 Å². The van der Waals surface area contributed by atoms with E-state index in [-0.39, 0.29) is 5.91 Å². The smallest absolute Gasteiger partial charge is 0.217 e. The lowest BCUT2D eigenvalue weighted by molar-refractivity contribution is -0.139. The highest BCUT2D eigenvalue weighted by atomic mass is 16.1. The first-order valence-corrected chi connectivity index (χ1v) is 10.1. The molecule has 0 aromatic heterocycles. The quantitative estimate of drug-likeness (QED) is 0.786. The number of hydrogen-bond acceptors (Lipinski definition) is 2. The van der Waals surface area contributed by atoms with Gasteiger partial charge in [-0.05, 0) is 79.4 Å². The third kappa shape index (κ3) is 2.29. The lowest BCUT2D eigenvalue weighted by atomic mass is 9.45. The van der Waals surface area contributed by atoms with E-state index in [4.69, 9.17) is 0 Å². The predicted octanol–water partition coefficient (Wildman–Crippen LogP) is 4.10. The van der Waals surface area contributed by atoms with Crippen molar-refractivity contribution in [3.8, 4) is 0 Å². The van der Waals surface area contributed by atoms with Gasteiger partial charge in [-0.2, -0.15) is 0 Å². The zero-order chi connectivity index (χ0) is 17.1. The van der Waals surface area contributed by atoms with Gasteiger partial charge in [0.15, 0.2) is 0 Å². The van der Waals surface area contributed by atoms with Crippen molar-refractivity contribution in [3.63, 3.8) is 0 Å². The summed E-state index contributed by atoms with van der Waals surface area (Å²) in [7, 11) is 0. The van der Waals surface area contributed by atoms with Crippen LogP contribution in [-0.2, 0) is 9.59 Å². The van der Waals surface area contributed by atoms with Gasteiger partial charge >= 0.3 is 0 Å². The SMILES string of the molecule is CC(=O)NC1CCC2C3CC[C@H]4CC(=O)CC[C@]4(C)C3CC[C@]12C. The normalized spacial score (nSPS) is 50.6. The van der Waals surface area contributed by atoms with Crippen LogP contribution in [0.1, 0.15) is 78.6 Å². The highest BCUT2D eigenvalue weighted by Gasteiger charge is 2.60. The molecule has 0 spiro atoms. The van der Waals surface area contributed by atoms with Gasteiger partial charge in [0.05, 0.1) is 0 Å². The molecule has 134 valence electrons. The molecule has 4 fully saturated rings. The highest BCUT2D eigenvalue weighted by molar-refractivity contribution is 5.79. The summed E-state index contributed by atoms with van der Waals surface area (Å²) in [6.07, 6.45) is 10.3. The zero-order valence-corrected chi connectivity index (χ0v) is 15.6. The van der Waals surface area contributed by atoms with Crippen LogP contribution in [0.25, 0.3) is 0 Å². The van der Waals surface area contributed by atoms with E-state index in [1.807, 2.05) is 0 Å². The standard InChI is InChI=1S/C21H33NO2/c1-13(23)22-19-7-6-17-16-5-4-14-12-15(24)8-10-20(14,2)18(16)9-11-21(17,19)3/h14,16-19H,4-12H2,1-3H3,(H,22,23)/t14-,16?,17?,18?,19?,20-,21-/m0/s1. The second kappa shape index (κ2) is 5.57. The number of carbonyl (C=O) groups is 2. The van der Waals surface area contributed by atoms with Crippen LogP contribution < -0.4 is 5.32 Å². The summed E-state index contributed by atoms with van der Waals surface area (Å²) in [6.45, 7) is 6.61. The molecule has 0 bridgehead atoms. The Bertz CT molecular complexity index is 558. The molecule has 1 N–H and O–H groups in total. The molecular weight excluding hydrogens is 298 g/mol. The molecule has 1 amide bonds. The van der Waals surface area contributed by atoms with E-state index in [1.54, 1.807) is 6.92 Å². The molecule has 4 saturated carbocycles. The van der Waals surface area contributed by atoms with Crippen LogP contribution >= 0.6 is 0 Å². The summed E-state index contributed by atoms with van der Waals surface area (Å²) in [5.74, 6) is 3.66. The monoisotopic (exact) mass is 331 g/mol. The molecule has 0 saturated heterocycles. The molecule has 4 aliphatic rings. The molecule has 0 aromatic rings. The van der Waals surface area contributed by atoms with Crippen LogP contribution in [0.3, 0.4) is 0 Å². The van der Waals surface area contributed by atoms with Gasteiger partial charge in [0, 0.05) is 25.8 Å². The summed E-state index contributed by atoms with van der Waals surface area (Å²) in [4.78, 5) is 23.6. The maximum Gasteiger partial charge on any atom is 0.217 e. The molecule has 4 aliphatic carbocycles. The first-order chi connectivity index (χ1) is 11.3. The maximum absolute atomic E-state index is 12.0. The molecular formula is C21H33NO2. The van der Waals surface area contributed by atoms with Crippen molar-refractivity contribution in [1.29, 1.82) is 0 Å². The van der Waals surface area contributed by atoms with E-state index >= 15 is 0 Å². The van der Waals surface area contributed by atoms with Gasteiger partial charge in [-0.1, -0.05) is 13.8 Å². The first kappa shape index (κ1) is 16.6. The van der Waals surface area contributed by atoms with Gasteiger partial charge in [0.1, 0.15) is 5.78 Å². The Kier molecular flexibility index (Phi) is 3.85. The molecule has 3 heteroatoms. The van der Waals surface area contributed by atoms with Gasteiger partial charge in [-0.3, -0.25) is 9.59 Å². The minimum Gasteiger partial charge on any atom is -0.353 e. The molecule has 0 radical (unpaired) electrons. The number of hydrogen-bond donors (Lipinski definition) is 1. The van der Waals surface area contributed by atoms with Crippen molar-refractivity contribution in [3.05, 3.63) is 0 Å². The number of rotatable bonds is 1. The Labute approximate surface area is 146 Å². The summed E-state index contributed by atoms with van der Waals surface area (Å²) < 4.78 is 0. The molecule has 0 aromatic carbocycles. The van der Waals surface area contributed by atoms with Crippen molar-refractivity contribution in [1.82, 2.24) is 5.32 Å². The average Bonchev–Trinajstić information content (AvgIpc) is 2.84. The third-order valence-electron chi connectivity index (χ3n) is 8.86. The fourth-order valence-corrected chi connectivity index (χ4v) is 7.53. The Hall–Kier alpha value is -0.860. The zero-order valence-electron chi connectivity index (χ0n) is 15.6. The van der Waals surface area contributed by atoms with Crippen molar-refractivity contribution in [2.45, 2.75) is 84.6 Å². The molecule has 7 atom stereocenters. The van der Waals surface area contributed by atoms with Crippen molar-refractivity contribution >= 4 is 11.7 Å². The summed E-state index contributed by atoms with van der Waals surface area (Å²) in [5.41, 5.74) is 0.685.